The van der Waals surface area contributed by atoms with Crippen LogP contribution in [0.3, 0.4) is 0 Å². The molecule has 4 nitrogen and oxygen atoms in total. The van der Waals surface area contributed by atoms with Crippen LogP contribution in [0.1, 0.15) is 38.4 Å². The van der Waals surface area contributed by atoms with Gasteiger partial charge in [0.05, 0.1) is 12.4 Å². The van der Waals surface area contributed by atoms with Crippen LogP contribution in [-0.2, 0) is 0 Å². The first-order chi connectivity index (χ1) is 8.97. The van der Waals surface area contributed by atoms with Gasteiger partial charge in [0.2, 0.25) is 0 Å². The second-order valence-electron chi connectivity index (χ2n) is 4.83. The lowest BCUT2D eigenvalue weighted by molar-refractivity contribution is 0.439. The van der Waals surface area contributed by atoms with E-state index >= 15 is 0 Å². The normalized spacial score (nSPS) is 12.7. The molecule has 19 heavy (non-hydrogen) atoms. The van der Waals surface area contributed by atoms with Gasteiger partial charge in [0.25, 0.3) is 0 Å². The molecule has 2 N–H and O–H groups in total. The molecular formula is C14H18FN3O. The van der Waals surface area contributed by atoms with E-state index in [2.05, 4.69) is 5.10 Å². The summed E-state index contributed by atoms with van der Waals surface area (Å²) < 4.78 is 21.1. The Bertz CT molecular complexity index is 564. The molecule has 102 valence electrons. The Morgan fingerprint density at radius 3 is 2.58 bits per heavy atom. The predicted molar refractivity (Wildman–Crippen MR) is 71.7 cm³/mol. The highest BCUT2D eigenvalue weighted by Gasteiger charge is 2.10. The molecule has 0 saturated carbocycles. The SMILES string of the molecule is CC(C)n1cc(Oc2ccc([C@@H](C)N)cc2F)cn1. The Balaban J connectivity index is 2.18. The molecule has 5 heteroatoms. The molecule has 0 radical (unpaired) electrons. The molecule has 2 rings (SSSR count). The van der Waals surface area contributed by atoms with E-state index in [4.69, 9.17) is 10.5 Å². The molecule has 1 atom stereocenters. The van der Waals surface area contributed by atoms with Gasteiger partial charge in [0, 0.05) is 12.1 Å². The lowest BCUT2D eigenvalue weighted by Crippen LogP contribution is -2.05. The molecule has 1 heterocycles. The van der Waals surface area contributed by atoms with Gasteiger partial charge >= 0.3 is 0 Å². The van der Waals surface area contributed by atoms with Gasteiger partial charge in [-0.15, -0.1) is 0 Å². The van der Waals surface area contributed by atoms with Gasteiger partial charge in [-0.3, -0.25) is 4.68 Å². The highest BCUT2D eigenvalue weighted by Crippen LogP contribution is 2.26. The number of ether oxygens (including phenoxy) is 1. The zero-order valence-corrected chi connectivity index (χ0v) is 11.3. The summed E-state index contributed by atoms with van der Waals surface area (Å²) in [5.74, 6) is 0.265. The Labute approximate surface area is 112 Å². The van der Waals surface area contributed by atoms with Crippen LogP contribution in [0.5, 0.6) is 11.5 Å². The Morgan fingerprint density at radius 1 is 1.32 bits per heavy atom. The zero-order valence-electron chi connectivity index (χ0n) is 11.3. The summed E-state index contributed by atoms with van der Waals surface area (Å²) in [4.78, 5) is 0. The molecule has 0 fully saturated rings. The average Bonchev–Trinajstić information content (AvgIpc) is 2.80. The van der Waals surface area contributed by atoms with E-state index in [-0.39, 0.29) is 17.8 Å². The molecule has 1 aromatic carbocycles. The minimum atomic E-state index is -0.424. The summed E-state index contributed by atoms with van der Waals surface area (Å²) >= 11 is 0. The van der Waals surface area contributed by atoms with Gasteiger partial charge in [-0.05, 0) is 38.5 Å². The van der Waals surface area contributed by atoms with Crippen LogP contribution in [-0.4, -0.2) is 9.78 Å². The first-order valence-electron chi connectivity index (χ1n) is 6.24. The Morgan fingerprint density at radius 2 is 2.05 bits per heavy atom. The van der Waals surface area contributed by atoms with Crippen molar-refractivity contribution in [3.8, 4) is 11.5 Å². The number of benzene rings is 1. The number of hydrogen-bond acceptors (Lipinski definition) is 3. The average molecular weight is 263 g/mol. The number of rotatable bonds is 4. The van der Waals surface area contributed by atoms with Crippen molar-refractivity contribution >= 4 is 0 Å². The van der Waals surface area contributed by atoms with Crippen molar-refractivity contribution in [1.82, 2.24) is 9.78 Å². The highest BCUT2D eigenvalue weighted by atomic mass is 19.1. The summed E-state index contributed by atoms with van der Waals surface area (Å²) in [7, 11) is 0. The summed E-state index contributed by atoms with van der Waals surface area (Å²) in [5, 5.41) is 4.14. The third-order valence-corrected chi connectivity index (χ3v) is 2.82. The molecule has 1 aromatic heterocycles. The van der Waals surface area contributed by atoms with Crippen molar-refractivity contribution < 1.29 is 9.13 Å². The highest BCUT2D eigenvalue weighted by molar-refractivity contribution is 5.33. The molecule has 0 saturated heterocycles. The van der Waals surface area contributed by atoms with E-state index in [1.165, 1.54) is 6.07 Å². The summed E-state index contributed by atoms with van der Waals surface area (Å²) in [6, 6.07) is 4.78. The monoisotopic (exact) mass is 263 g/mol. The van der Waals surface area contributed by atoms with Crippen LogP contribution in [0.2, 0.25) is 0 Å². The minimum absolute atomic E-state index is 0.174. The van der Waals surface area contributed by atoms with Gasteiger partial charge < -0.3 is 10.5 Å². The fourth-order valence-electron chi connectivity index (χ4n) is 1.67. The van der Waals surface area contributed by atoms with Crippen molar-refractivity contribution in [2.75, 3.05) is 0 Å². The van der Waals surface area contributed by atoms with E-state index in [0.29, 0.717) is 5.75 Å². The lowest BCUT2D eigenvalue weighted by Gasteiger charge is -2.09. The third-order valence-electron chi connectivity index (χ3n) is 2.82. The van der Waals surface area contributed by atoms with Gasteiger partial charge in [-0.1, -0.05) is 6.07 Å². The molecule has 0 aliphatic heterocycles. The molecule has 0 aliphatic carbocycles. The summed E-state index contributed by atoms with van der Waals surface area (Å²) in [6.45, 7) is 5.82. The zero-order chi connectivity index (χ0) is 14.0. The molecular weight excluding hydrogens is 245 g/mol. The standard InChI is InChI=1S/C14H18FN3O/c1-9(2)18-8-12(7-17-18)19-14-5-4-11(10(3)16)6-13(14)15/h4-10H,16H2,1-3H3/t10-/m1/s1. The molecule has 2 aromatic rings. The maximum absolute atomic E-state index is 13.9. The lowest BCUT2D eigenvalue weighted by atomic mass is 10.1. The predicted octanol–water partition coefficient (Wildman–Crippen LogP) is 3.42. The first kappa shape index (κ1) is 13.5. The molecule has 0 unspecified atom stereocenters. The first-order valence-corrected chi connectivity index (χ1v) is 6.24. The van der Waals surface area contributed by atoms with Gasteiger partial charge in [0.1, 0.15) is 0 Å². The van der Waals surface area contributed by atoms with Crippen molar-refractivity contribution in [2.45, 2.75) is 32.9 Å². The van der Waals surface area contributed by atoms with Crippen molar-refractivity contribution in [2.24, 2.45) is 5.73 Å². The van der Waals surface area contributed by atoms with Crippen LogP contribution in [0, 0.1) is 5.82 Å². The molecule has 0 bridgehead atoms. The smallest absolute Gasteiger partial charge is 0.166 e. The largest absolute Gasteiger partial charge is 0.451 e. The number of aromatic nitrogens is 2. The third kappa shape index (κ3) is 3.12. The fraction of sp³-hybridized carbons (Fsp3) is 0.357. The number of hydrogen-bond donors (Lipinski definition) is 1. The summed E-state index contributed by atoms with van der Waals surface area (Å²) in [5.41, 5.74) is 6.44. The fourth-order valence-corrected chi connectivity index (χ4v) is 1.67. The van der Waals surface area contributed by atoms with E-state index in [9.17, 15) is 4.39 Å². The number of nitrogens with two attached hydrogens (primary N) is 1. The van der Waals surface area contributed by atoms with Crippen LogP contribution in [0.25, 0.3) is 0 Å². The molecule has 0 amide bonds. The van der Waals surface area contributed by atoms with Crippen molar-refractivity contribution in [3.63, 3.8) is 0 Å². The second-order valence-corrected chi connectivity index (χ2v) is 4.83. The quantitative estimate of drug-likeness (QED) is 0.919. The van der Waals surface area contributed by atoms with Crippen LogP contribution >= 0.6 is 0 Å². The van der Waals surface area contributed by atoms with E-state index in [1.54, 1.807) is 29.2 Å². The van der Waals surface area contributed by atoms with E-state index in [0.717, 1.165) is 5.56 Å². The second kappa shape index (κ2) is 5.40. The van der Waals surface area contributed by atoms with Gasteiger partial charge in [-0.25, -0.2) is 4.39 Å². The summed E-state index contributed by atoms with van der Waals surface area (Å²) in [6.07, 6.45) is 3.31. The Hall–Kier alpha value is -1.88. The van der Waals surface area contributed by atoms with Crippen molar-refractivity contribution in [3.05, 3.63) is 42.0 Å². The van der Waals surface area contributed by atoms with E-state index < -0.39 is 5.82 Å². The van der Waals surface area contributed by atoms with E-state index in [1.807, 2.05) is 20.8 Å². The van der Waals surface area contributed by atoms with Crippen LogP contribution in [0.4, 0.5) is 4.39 Å². The topological polar surface area (TPSA) is 53.1 Å². The van der Waals surface area contributed by atoms with Crippen LogP contribution in [0.15, 0.2) is 30.6 Å². The minimum Gasteiger partial charge on any atom is -0.451 e. The maximum atomic E-state index is 13.9. The molecule has 0 spiro atoms. The number of halogens is 1. The Kier molecular flexibility index (Phi) is 3.85. The molecule has 0 aliphatic rings. The van der Waals surface area contributed by atoms with Gasteiger partial charge in [-0.2, -0.15) is 5.10 Å². The van der Waals surface area contributed by atoms with Crippen LogP contribution < -0.4 is 10.5 Å². The number of nitrogens with zero attached hydrogens (tertiary/aromatic N) is 2. The maximum Gasteiger partial charge on any atom is 0.166 e. The van der Waals surface area contributed by atoms with Gasteiger partial charge in [0.15, 0.2) is 17.3 Å². The van der Waals surface area contributed by atoms with Crippen molar-refractivity contribution in [1.29, 1.82) is 0 Å².